The van der Waals surface area contributed by atoms with Crippen molar-refractivity contribution in [2.24, 2.45) is 11.7 Å². The summed E-state index contributed by atoms with van der Waals surface area (Å²) in [4.78, 5) is 2.51. The van der Waals surface area contributed by atoms with Crippen LogP contribution in [-0.2, 0) is 6.54 Å². The second kappa shape index (κ2) is 6.01. The molecular formula is C12H19ClN2S. The molecule has 1 atom stereocenters. The fraction of sp³-hybridized carbons (Fsp3) is 0.667. The van der Waals surface area contributed by atoms with Gasteiger partial charge < -0.3 is 5.73 Å². The molecule has 0 saturated carbocycles. The lowest BCUT2D eigenvalue weighted by molar-refractivity contribution is 0.163. The number of rotatable bonds is 4. The van der Waals surface area contributed by atoms with E-state index in [0.717, 1.165) is 29.8 Å². The van der Waals surface area contributed by atoms with E-state index < -0.39 is 0 Å². The van der Waals surface area contributed by atoms with Gasteiger partial charge in [-0.3, -0.25) is 4.90 Å². The Hall–Kier alpha value is -0.0900. The van der Waals surface area contributed by atoms with Crippen LogP contribution in [0.3, 0.4) is 0 Å². The van der Waals surface area contributed by atoms with Crippen LogP contribution < -0.4 is 5.73 Å². The van der Waals surface area contributed by atoms with Crippen LogP contribution in [0.1, 0.15) is 24.8 Å². The van der Waals surface area contributed by atoms with E-state index in [-0.39, 0.29) is 0 Å². The van der Waals surface area contributed by atoms with Gasteiger partial charge in [0.25, 0.3) is 0 Å². The Bertz CT molecular complexity index is 325. The van der Waals surface area contributed by atoms with Crippen molar-refractivity contribution < 1.29 is 0 Å². The number of nitrogens with zero attached hydrogens (tertiary/aromatic N) is 1. The summed E-state index contributed by atoms with van der Waals surface area (Å²) in [6.07, 6.45) is 3.80. The molecule has 16 heavy (non-hydrogen) atoms. The average Bonchev–Trinajstić information content (AvgIpc) is 2.66. The third-order valence-electron chi connectivity index (χ3n) is 3.27. The minimum atomic E-state index is 0.788. The zero-order chi connectivity index (χ0) is 11.4. The minimum Gasteiger partial charge on any atom is -0.330 e. The third-order valence-corrected chi connectivity index (χ3v) is 4.52. The monoisotopic (exact) mass is 258 g/mol. The van der Waals surface area contributed by atoms with E-state index >= 15 is 0 Å². The van der Waals surface area contributed by atoms with E-state index in [1.54, 1.807) is 11.3 Å². The topological polar surface area (TPSA) is 29.3 Å². The van der Waals surface area contributed by atoms with Gasteiger partial charge in [0.05, 0.1) is 4.34 Å². The molecule has 4 heteroatoms. The zero-order valence-electron chi connectivity index (χ0n) is 9.49. The minimum absolute atomic E-state index is 0.788. The maximum absolute atomic E-state index is 6.13. The Morgan fingerprint density at radius 2 is 2.44 bits per heavy atom. The Morgan fingerprint density at radius 1 is 1.56 bits per heavy atom. The van der Waals surface area contributed by atoms with Gasteiger partial charge in [-0.2, -0.15) is 0 Å². The van der Waals surface area contributed by atoms with E-state index in [0.29, 0.717) is 0 Å². The van der Waals surface area contributed by atoms with Crippen LogP contribution in [0.25, 0.3) is 0 Å². The summed E-state index contributed by atoms with van der Waals surface area (Å²) in [6, 6.07) is 2.14. The molecule has 0 radical (unpaired) electrons. The van der Waals surface area contributed by atoms with Crippen LogP contribution in [0.5, 0.6) is 0 Å². The number of thiophene rings is 1. The Labute approximate surface area is 106 Å². The Balaban J connectivity index is 1.88. The summed E-state index contributed by atoms with van der Waals surface area (Å²) in [7, 11) is 0. The lowest BCUT2D eigenvalue weighted by Gasteiger charge is -2.32. The molecule has 1 fully saturated rings. The number of halogens is 1. The van der Waals surface area contributed by atoms with Crippen molar-refractivity contribution in [2.75, 3.05) is 19.6 Å². The molecule has 0 aromatic carbocycles. The molecule has 0 bridgehead atoms. The number of nitrogens with two attached hydrogens (primary N) is 1. The van der Waals surface area contributed by atoms with Crippen molar-refractivity contribution in [2.45, 2.75) is 25.8 Å². The number of hydrogen-bond donors (Lipinski definition) is 1. The normalized spacial score (nSPS) is 22.5. The first-order valence-corrected chi connectivity index (χ1v) is 7.19. The molecule has 1 saturated heterocycles. The fourth-order valence-corrected chi connectivity index (χ4v) is 3.35. The standard InChI is InChI=1S/C12H19ClN2S/c13-12-11(4-7-16-12)9-15-6-1-2-10(8-15)3-5-14/h4,7,10H,1-3,5-6,8-9,14H2. The van der Waals surface area contributed by atoms with Crippen molar-refractivity contribution >= 4 is 22.9 Å². The highest BCUT2D eigenvalue weighted by atomic mass is 35.5. The van der Waals surface area contributed by atoms with Gasteiger partial charge in [-0.15, -0.1) is 11.3 Å². The SMILES string of the molecule is NCCC1CCCN(Cc2ccsc2Cl)C1. The van der Waals surface area contributed by atoms with E-state index in [4.69, 9.17) is 17.3 Å². The van der Waals surface area contributed by atoms with E-state index in [1.165, 1.54) is 31.5 Å². The predicted octanol–water partition coefficient (Wildman–Crippen LogP) is 2.96. The zero-order valence-corrected chi connectivity index (χ0v) is 11.1. The molecule has 1 aromatic heterocycles. The van der Waals surface area contributed by atoms with Gasteiger partial charge in [0.1, 0.15) is 0 Å². The second-order valence-corrected chi connectivity index (χ2v) is 6.06. The molecular weight excluding hydrogens is 240 g/mol. The molecule has 1 aliphatic heterocycles. The summed E-state index contributed by atoms with van der Waals surface area (Å²) in [5.74, 6) is 0.788. The average molecular weight is 259 g/mol. The van der Waals surface area contributed by atoms with Crippen molar-refractivity contribution in [1.82, 2.24) is 4.90 Å². The Kier molecular flexibility index (Phi) is 4.65. The summed E-state index contributed by atoms with van der Waals surface area (Å²) in [5, 5.41) is 2.07. The van der Waals surface area contributed by atoms with Crippen molar-refractivity contribution in [3.05, 3.63) is 21.3 Å². The molecule has 0 amide bonds. The predicted molar refractivity (Wildman–Crippen MR) is 71.0 cm³/mol. The highest BCUT2D eigenvalue weighted by Crippen LogP contribution is 2.26. The molecule has 2 rings (SSSR count). The van der Waals surface area contributed by atoms with Gasteiger partial charge in [0.15, 0.2) is 0 Å². The van der Waals surface area contributed by atoms with Crippen LogP contribution in [0.15, 0.2) is 11.4 Å². The lowest BCUT2D eigenvalue weighted by Crippen LogP contribution is -2.35. The van der Waals surface area contributed by atoms with Crippen LogP contribution in [0, 0.1) is 5.92 Å². The highest BCUT2D eigenvalue weighted by molar-refractivity contribution is 7.14. The quantitative estimate of drug-likeness (QED) is 0.900. The maximum atomic E-state index is 6.13. The van der Waals surface area contributed by atoms with Crippen LogP contribution in [-0.4, -0.2) is 24.5 Å². The van der Waals surface area contributed by atoms with Crippen molar-refractivity contribution in [1.29, 1.82) is 0 Å². The highest BCUT2D eigenvalue weighted by Gasteiger charge is 2.19. The molecule has 1 aliphatic rings. The van der Waals surface area contributed by atoms with Gasteiger partial charge in [0, 0.05) is 13.1 Å². The van der Waals surface area contributed by atoms with E-state index in [9.17, 15) is 0 Å². The molecule has 0 spiro atoms. The number of hydrogen-bond acceptors (Lipinski definition) is 3. The van der Waals surface area contributed by atoms with Gasteiger partial charge >= 0.3 is 0 Å². The molecule has 0 aliphatic carbocycles. The largest absolute Gasteiger partial charge is 0.330 e. The first-order valence-electron chi connectivity index (χ1n) is 5.94. The smallest absolute Gasteiger partial charge is 0.0973 e. The molecule has 2 heterocycles. The molecule has 1 aromatic rings. The number of likely N-dealkylation sites (tertiary alicyclic amines) is 1. The van der Waals surface area contributed by atoms with E-state index in [2.05, 4.69) is 16.3 Å². The maximum Gasteiger partial charge on any atom is 0.0973 e. The van der Waals surface area contributed by atoms with Crippen LogP contribution in [0.4, 0.5) is 0 Å². The second-order valence-electron chi connectivity index (χ2n) is 4.54. The molecule has 2 nitrogen and oxygen atoms in total. The van der Waals surface area contributed by atoms with Crippen LogP contribution in [0.2, 0.25) is 4.34 Å². The summed E-state index contributed by atoms with van der Waals surface area (Å²) in [5.41, 5.74) is 6.90. The van der Waals surface area contributed by atoms with Crippen LogP contribution >= 0.6 is 22.9 Å². The molecule has 1 unspecified atom stereocenters. The molecule has 2 N–H and O–H groups in total. The summed E-state index contributed by atoms with van der Waals surface area (Å²) < 4.78 is 0.945. The van der Waals surface area contributed by atoms with E-state index in [1.807, 2.05) is 0 Å². The molecule has 90 valence electrons. The first-order chi connectivity index (χ1) is 7.79. The van der Waals surface area contributed by atoms with Crippen molar-refractivity contribution in [3.63, 3.8) is 0 Å². The van der Waals surface area contributed by atoms with Gasteiger partial charge in [-0.1, -0.05) is 11.6 Å². The van der Waals surface area contributed by atoms with Gasteiger partial charge in [-0.05, 0) is 55.3 Å². The third kappa shape index (κ3) is 3.20. The summed E-state index contributed by atoms with van der Waals surface area (Å²) in [6.45, 7) is 4.21. The fourth-order valence-electron chi connectivity index (χ4n) is 2.44. The first kappa shape index (κ1) is 12.4. The lowest BCUT2D eigenvalue weighted by atomic mass is 9.95. The van der Waals surface area contributed by atoms with Gasteiger partial charge in [0.2, 0.25) is 0 Å². The number of piperidine rings is 1. The summed E-state index contributed by atoms with van der Waals surface area (Å²) >= 11 is 7.75. The van der Waals surface area contributed by atoms with Crippen molar-refractivity contribution in [3.8, 4) is 0 Å². The Morgan fingerprint density at radius 3 is 3.12 bits per heavy atom. The van der Waals surface area contributed by atoms with Gasteiger partial charge in [-0.25, -0.2) is 0 Å².